The quantitative estimate of drug-likeness (QED) is 0.122. The van der Waals surface area contributed by atoms with Gasteiger partial charge in [0.2, 0.25) is 12.2 Å². The van der Waals surface area contributed by atoms with Crippen LogP contribution in [0.2, 0.25) is 0 Å². The maximum atomic E-state index is 12.4. The van der Waals surface area contributed by atoms with Gasteiger partial charge in [0, 0.05) is 34.1 Å². The standard InChI is InChI=1S/C30H51NO10/c1-6-7-8-9-10-11-12-13-14-15-16-17-18-19-26(36)37-20-25-28(38-22(3)33)29(39-23(4)34)27(31-21(2)32)30(41-25)40-24(5)35/h25,27-30H,6-20H2,1-5H3,(H,31,32)/t25-,27-,28-,29-,30?/m1/s1. The van der Waals surface area contributed by atoms with Crippen LogP contribution in [0.5, 0.6) is 0 Å². The van der Waals surface area contributed by atoms with Crippen LogP contribution in [-0.2, 0) is 47.7 Å². The summed E-state index contributed by atoms with van der Waals surface area (Å²) in [5.74, 6) is -3.10. The number of amides is 1. The molecule has 1 heterocycles. The fourth-order valence-corrected chi connectivity index (χ4v) is 4.89. The van der Waals surface area contributed by atoms with Crippen LogP contribution in [0.25, 0.3) is 0 Å². The Kier molecular flexibility index (Phi) is 18.7. The molecule has 0 aromatic rings. The van der Waals surface area contributed by atoms with Crippen molar-refractivity contribution < 1.29 is 47.7 Å². The highest BCUT2D eigenvalue weighted by Gasteiger charge is 2.52. The van der Waals surface area contributed by atoms with Gasteiger partial charge in [0.15, 0.2) is 12.2 Å². The minimum absolute atomic E-state index is 0.220. The average molecular weight is 586 g/mol. The summed E-state index contributed by atoms with van der Waals surface area (Å²) >= 11 is 0. The zero-order valence-electron chi connectivity index (χ0n) is 25.6. The minimum atomic E-state index is -1.38. The van der Waals surface area contributed by atoms with Crippen molar-refractivity contribution in [2.45, 2.75) is 155 Å². The monoisotopic (exact) mass is 585 g/mol. The highest BCUT2D eigenvalue weighted by molar-refractivity contribution is 5.74. The Balaban J connectivity index is 2.56. The van der Waals surface area contributed by atoms with Crippen LogP contribution in [0.4, 0.5) is 0 Å². The van der Waals surface area contributed by atoms with Crippen molar-refractivity contribution in [1.82, 2.24) is 5.32 Å². The first kappa shape index (κ1) is 36.3. The van der Waals surface area contributed by atoms with Crippen LogP contribution in [0, 0.1) is 0 Å². The third-order valence-corrected chi connectivity index (χ3v) is 6.80. The molecule has 1 aliphatic heterocycles. The molecular weight excluding hydrogens is 534 g/mol. The normalized spacial score (nSPS) is 21.9. The van der Waals surface area contributed by atoms with Crippen LogP contribution in [0.1, 0.15) is 125 Å². The summed E-state index contributed by atoms with van der Waals surface area (Å²) in [4.78, 5) is 59.7. The van der Waals surface area contributed by atoms with E-state index in [1.807, 2.05) is 0 Å². The Morgan fingerprint density at radius 2 is 1.10 bits per heavy atom. The summed E-state index contributed by atoms with van der Waals surface area (Å²) < 4.78 is 27.2. The van der Waals surface area contributed by atoms with Crippen LogP contribution in [0.3, 0.4) is 0 Å². The highest BCUT2D eigenvalue weighted by atomic mass is 16.7. The molecule has 1 amide bonds. The molecule has 236 valence electrons. The lowest BCUT2D eigenvalue weighted by molar-refractivity contribution is -0.271. The molecule has 1 N–H and O–H groups in total. The molecule has 0 aromatic heterocycles. The summed E-state index contributed by atoms with van der Waals surface area (Å²) in [6, 6.07) is -1.16. The summed E-state index contributed by atoms with van der Waals surface area (Å²) in [6.07, 6.45) is 10.8. The molecule has 0 spiro atoms. The van der Waals surface area contributed by atoms with Gasteiger partial charge < -0.3 is 29.0 Å². The van der Waals surface area contributed by atoms with E-state index in [0.29, 0.717) is 6.42 Å². The van der Waals surface area contributed by atoms with E-state index in [9.17, 15) is 24.0 Å². The maximum Gasteiger partial charge on any atom is 0.305 e. The molecule has 1 aliphatic rings. The predicted octanol–water partition coefficient (Wildman–Crippen LogP) is 4.67. The van der Waals surface area contributed by atoms with Crippen molar-refractivity contribution >= 4 is 29.8 Å². The largest absolute Gasteiger partial charge is 0.463 e. The van der Waals surface area contributed by atoms with E-state index in [0.717, 1.165) is 40.0 Å². The number of rotatable bonds is 20. The zero-order valence-corrected chi connectivity index (χ0v) is 25.6. The summed E-state index contributed by atoms with van der Waals surface area (Å²) in [5, 5.41) is 2.53. The van der Waals surface area contributed by atoms with Gasteiger partial charge in [-0.3, -0.25) is 24.0 Å². The number of nitrogens with one attached hydrogen (secondary N) is 1. The number of ether oxygens (including phenoxy) is 5. The number of carbonyl (C=O) groups is 5. The van der Waals surface area contributed by atoms with Crippen molar-refractivity contribution in [3.8, 4) is 0 Å². The van der Waals surface area contributed by atoms with E-state index < -0.39 is 60.4 Å². The molecule has 1 rings (SSSR count). The molecule has 0 radical (unpaired) electrons. The summed E-state index contributed by atoms with van der Waals surface area (Å²) in [5.41, 5.74) is 0. The topological polar surface area (TPSA) is 144 Å². The van der Waals surface area contributed by atoms with E-state index in [4.69, 9.17) is 23.7 Å². The summed E-state index contributed by atoms with van der Waals surface area (Å²) in [7, 11) is 0. The number of esters is 4. The van der Waals surface area contributed by atoms with Gasteiger partial charge in [-0.15, -0.1) is 0 Å². The number of hydrogen-bond acceptors (Lipinski definition) is 10. The van der Waals surface area contributed by atoms with E-state index in [-0.39, 0.29) is 13.0 Å². The molecule has 5 atom stereocenters. The Labute approximate surface area is 244 Å². The second kappa shape index (κ2) is 21.1. The van der Waals surface area contributed by atoms with Crippen LogP contribution >= 0.6 is 0 Å². The molecule has 0 aliphatic carbocycles. The molecule has 1 saturated heterocycles. The van der Waals surface area contributed by atoms with Gasteiger partial charge in [-0.05, 0) is 6.42 Å². The third kappa shape index (κ3) is 16.4. The van der Waals surface area contributed by atoms with Gasteiger partial charge in [-0.1, -0.05) is 84.0 Å². The lowest BCUT2D eigenvalue weighted by Crippen LogP contribution is -2.66. The molecule has 0 saturated carbocycles. The first-order valence-corrected chi connectivity index (χ1v) is 15.1. The second-order valence-corrected chi connectivity index (χ2v) is 10.7. The average Bonchev–Trinajstić information content (AvgIpc) is 2.88. The molecule has 11 heteroatoms. The molecule has 11 nitrogen and oxygen atoms in total. The predicted molar refractivity (Wildman–Crippen MR) is 150 cm³/mol. The minimum Gasteiger partial charge on any atom is -0.463 e. The fourth-order valence-electron chi connectivity index (χ4n) is 4.89. The second-order valence-electron chi connectivity index (χ2n) is 10.7. The molecular formula is C30H51NO10. The van der Waals surface area contributed by atoms with E-state index in [2.05, 4.69) is 12.2 Å². The Morgan fingerprint density at radius 1 is 0.634 bits per heavy atom. The molecule has 0 aromatic carbocycles. The Hall–Kier alpha value is -2.69. The lowest BCUT2D eigenvalue weighted by atomic mass is 9.96. The maximum absolute atomic E-state index is 12.4. The van der Waals surface area contributed by atoms with Gasteiger partial charge in [-0.25, -0.2) is 0 Å². The van der Waals surface area contributed by atoms with E-state index in [1.54, 1.807) is 0 Å². The highest BCUT2D eigenvalue weighted by Crippen LogP contribution is 2.28. The van der Waals surface area contributed by atoms with Gasteiger partial charge in [-0.2, -0.15) is 0 Å². The number of unbranched alkanes of at least 4 members (excludes halogenated alkanes) is 12. The summed E-state index contributed by atoms with van der Waals surface area (Å²) in [6.45, 7) is 6.58. The van der Waals surface area contributed by atoms with Crippen molar-refractivity contribution in [2.24, 2.45) is 0 Å². The van der Waals surface area contributed by atoms with Gasteiger partial charge >= 0.3 is 23.9 Å². The van der Waals surface area contributed by atoms with Gasteiger partial charge in [0.05, 0.1) is 0 Å². The van der Waals surface area contributed by atoms with E-state index in [1.165, 1.54) is 64.7 Å². The third-order valence-electron chi connectivity index (χ3n) is 6.80. The Bertz CT molecular complexity index is 817. The van der Waals surface area contributed by atoms with Gasteiger partial charge in [0.1, 0.15) is 18.8 Å². The Morgan fingerprint density at radius 3 is 1.56 bits per heavy atom. The lowest BCUT2D eigenvalue weighted by Gasteiger charge is -2.44. The SMILES string of the molecule is CCCCCCCCCCCCCCCC(=O)OC[C@H]1OC(OC(C)=O)[C@H](NC(C)=O)[C@@H](OC(C)=O)[C@@H]1OC(C)=O. The molecule has 1 unspecified atom stereocenters. The van der Waals surface area contributed by atoms with Crippen LogP contribution in [-0.4, -0.2) is 67.0 Å². The molecule has 0 bridgehead atoms. The fraction of sp³-hybridized carbons (Fsp3) is 0.833. The zero-order chi connectivity index (χ0) is 30.6. The first-order valence-electron chi connectivity index (χ1n) is 15.1. The first-order chi connectivity index (χ1) is 19.5. The van der Waals surface area contributed by atoms with Crippen LogP contribution in [0.15, 0.2) is 0 Å². The molecule has 41 heavy (non-hydrogen) atoms. The van der Waals surface area contributed by atoms with Gasteiger partial charge in [0.25, 0.3) is 0 Å². The van der Waals surface area contributed by atoms with Crippen molar-refractivity contribution in [3.05, 3.63) is 0 Å². The van der Waals surface area contributed by atoms with Crippen molar-refractivity contribution in [1.29, 1.82) is 0 Å². The van der Waals surface area contributed by atoms with E-state index >= 15 is 0 Å². The molecule has 1 fully saturated rings. The smallest absolute Gasteiger partial charge is 0.305 e. The van der Waals surface area contributed by atoms with Crippen LogP contribution < -0.4 is 5.32 Å². The van der Waals surface area contributed by atoms with Crippen molar-refractivity contribution in [2.75, 3.05) is 6.61 Å². The number of carbonyl (C=O) groups excluding carboxylic acids is 5. The van der Waals surface area contributed by atoms with Crippen molar-refractivity contribution in [3.63, 3.8) is 0 Å². The number of hydrogen-bond donors (Lipinski definition) is 1.